The molecule has 1 aliphatic rings. The van der Waals surface area contributed by atoms with E-state index in [0.29, 0.717) is 54.7 Å². The van der Waals surface area contributed by atoms with Crippen LogP contribution in [0.4, 0.5) is 0 Å². The molecule has 0 bridgehead atoms. The lowest BCUT2D eigenvalue weighted by Gasteiger charge is -2.34. The lowest BCUT2D eigenvalue weighted by atomic mass is 10.1. The summed E-state index contributed by atoms with van der Waals surface area (Å²) in [7, 11) is 0. The minimum atomic E-state index is -0.212. The second-order valence-electron chi connectivity index (χ2n) is 8.36. The third-order valence-electron chi connectivity index (χ3n) is 5.92. The molecule has 0 N–H and O–H groups in total. The molecule has 2 amide bonds. The molecule has 3 heterocycles. The fourth-order valence-electron chi connectivity index (χ4n) is 4.01. The first-order valence-electron chi connectivity index (χ1n) is 11.1. The Kier molecular flexibility index (Phi) is 5.71. The molecule has 0 atom stereocenters. The maximum absolute atomic E-state index is 13.4. The number of nitrogens with zero attached hydrogens (tertiary/aromatic N) is 4. The maximum atomic E-state index is 13.4. The van der Waals surface area contributed by atoms with Crippen molar-refractivity contribution in [3.8, 4) is 22.8 Å². The number of amides is 2. The molecule has 0 spiro atoms. The van der Waals surface area contributed by atoms with E-state index in [2.05, 4.69) is 10.1 Å². The molecule has 8 heteroatoms. The summed E-state index contributed by atoms with van der Waals surface area (Å²) >= 11 is 0. The summed E-state index contributed by atoms with van der Waals surface area (Å²) in [6.45, 7) is 5.48. The van der Waals surface area contributed by atoms with Gasteiger partial charge in [-0.15, -0.1) is 0 Å². The van der Waals surface area contributed by atoms with Gasteiger partial charge in [-0.05, 0) is 26.0 Å². The summed E-state index contributed by atoms with van der Waals surface area (Å²) in [6.07, 6.45) is 1.68. The van der Waals surface area contributed by atoms with Crippen molar-refractivity contribution < 1.29 is 18.5 Å². The van der Waals surface area contributed by atoms with E-state index in [-0.39, 0.29) is 17.6 Å². The highest BCUT2D eigenvalue weighted by Crippen LogP contribution is 2.29. The fraction of sp³-hybridized carbons (Fsp3) is 0.231. The molecule has 8 nitrogen and oxygen atoms in total. The summed E-state index contributed by atoms with van der Waals surface area (Å²) in [5.74, 6) is 0.932. The van der Waals surface area contributed by atoms with Gasteiger partial charge in [0.2, 0.25) is 11.7 Å². The summed E-state index contributed by atoms with van der Waals surface area (Å²) in [5.41, 5.74) is 3.91. The first-order valence-corrected chi connectivity index (χ1v) is 11.1. The van der Waals surface area contributed by atoms with Crippen molar-refractivity contribution in [1.29, 1.82) is 0 Å². The van der Waals surface area contributed by atoms with E-state index >= 15 is 0 Å². The molecule has 2 aromatic carbocycles. The summed E-state index contributed by atoms with van der Waals surface area (Å²) in [6, 6.07) is 16.9. The van der Waals surface area contributed by atoms with Crippen molar-refractivity contribution in [1.82, 2.24) is 19.9 Å². The predicted octanol–water partition coefficient (Wildman–Crippen LogP) is 4.21. The van der Waals surface area contributed by atoms with Gasteiger partial charge in [0, 0.05) is 43.4 Å². The van der Waals surface area contributed by atoms with Gasteiger partial charge in [-0.3, -0.25) is 9.59 Å². The molecule has 2 aromatic heterocycles. The van der Waals surface area contributed by atoms with Crippen LogP contribution in [0.25, 0.3) is 22.8 Å². The predicted molar refractivity (Wildman–Crippen MR) is 125 cm³/mol. The monoisotopic (exact) mass is 456 g/mol. The number of piperazine rings is 1. The number of rotatable bonds is 4. The number of benzene rings is 2. The van der Waals surface area contributed by atoms with Gasteiger partial charge in [0.1, 0.15) is 0 Å². The Morgan fingerprint density at radius 1 is 0.882 bits per heavy atom. The van der Waals surface area contributed by atoms with E-state index in [4.69, 9.17) is 8.94 Å². The van der Waals surface area contributed by atoms with Gasteiger partial charge in [-0.1, -0.05) is 47.1 Å². The van der Waals surface area contributed by atoms with Crippen LogP contribution in [0.15, 0.2) is 69.7 Å². The molecule has 0 radical (unpaired) electrons. The molecule has 34 heavy (non-hydrogen) atoms. The van der Waals surface area contributed by atoms with Crippen molar-refractivity contribution in [2.45, 2.75) is 13.8 Å². The smallest absolute Gasteiger partial charge is 0.292 e. The lowest BCUT2D eigenvalue weighted by molar-refractivity contribution is 0.0513. The third-order valence-corrected chi connectivity index (χ3v) is 5.92. The van der Waals surface area contributed by atoms with Crippen LogP contribution in [-0.4, -0.2) is 57.9 Å². The Morgan fingerprint density at radius 3 is 2.24 bits per heavy atom. The molecule has 0 saturated carbocycles. The van der Waals surface area contributed by atoms with Crippen molar-refractivity contribution >= 4 is 11.8 Å². The van der Waals surface area contributed by atoms with Crippen molar-refractivity contribution in [2.24, 2.45) is 0 Å². The van der Waals surface area contributed by atoms with Crippen LogP contribution >= 0.6 is 0 Å². The Balaban J connectivity index is 1.31. The van der Waals surface area contributed by atoms with Gasteiger partial charge >= 0.3 is 0 Å². The van der Waals surface area contributed by atoms with E-state index in [1.807, 2.05) is 49.4 Å². The zero-order chi connectivity index (χ0) is 23.7. The van der Waals surface area contributed by atoms with Gasteiger partial charge in [0.25, 0.3) is 11.8 Å². The van der Waals surface area contributed by atoms with E-state index in [9.17, 15) is 9.59 Å². The Morgan fingerprint density at radius 2 is 1.56 bits per heavy atom. The standard InChI is InChI=1S/C26H24N4O4/c1-17-7-9-19(10-8-17)23-16-27-24(33-23)20-5-3-4-6-21(20)25(31)29-11-13-30(14-12-29)26(32)22-15-18(2)28-34-22/h3-10,15-16H,11-14H2,1-2H3. The van der Waals surface area contributed by atoms with Crippen LogP contribution in [0.1, 0.15) is 32.2 Å². The molecule has 1 fully saturated rings. The van der Waals surface area contributed by atoms with Gasteiger partial charge in [0.05, 0.1) is 17.5 Å². The van der Waals surface area contributed by atoms with Crippen molar-refractivity contribution in [2.75, 3.05) is 26.2 Å². The molecular weight excluding hydrogens is 432 g/mol. The Bertz CT molecular complexity index is 1330. The summed E-state index contributed by atoms with van der Waals surface area (Å²) < 4.78 is 11.1. The average molecular weight is 457 g/mol. The molecule has 1 aliphatic heterocycles. The lowest BCUT2D eigenvalue weighted by Crippen LogP contribution is -2.50. The van der Waals surface area contributed by atoms with Gasteiger partial charge in [-0.2, -0.15) is 0 Å². The van der Waals surface area contributed by atoms with Crippen LogP contribution < -0.4 is 0 Å². The van der Waals surface area contributed by atoms with Crippen LogP contribution in [-0.2, 0) is 0 Å². The van der Waals surface area contributed by atoms with Crippen LogP contribution in [0.5, 0.6) is 0 Å². The average Bonchev–Trinajstić information content (AvgIpc) is 3.53. The van der Waals surface area contributed by atoms with Crippen LogP contribution in [0.2, 0.25) is 0 Å². The molecular formula is C26H24N4O4. The van der Waals surface area contributed by atoms with E-state index in [0.717, 1.165) is 11.1 Å². The largest absolute Gasteiger partial charge is 0.436 e. The molecule has 4 aromatic rings. The Labute approximate surface area is 196 Å². The molecule has 0 unspecified atom stereocenters. The molecule has 0 aliphatic carbocycles. The molecule has 172 valence electrons. The van der Waals surface area contributed by atoms with Crippen LogP contribution in [0, 0.1) is 13.8 Å². The number of carbonyl (C=O) groups excluding carboxylic acids is 2. The van der Waals surface area contributed by atoms with Crippen LogP contribution in [0.3, 0.4) is 0 Å². The van der Waals surface area contributed by atoms with E-state index in [1.165, 1.54) is 0 Å². The van der Waals surface area contributed by atoms with Crippen molar-refractivity contribution in [3.63, 3.8) is 0 Å². The summed E-state index contributed by atoms with van der Waals surface area (Å²) in [4.78, 5) is 33.9. The minimum Gasteiger partial charge on any atom is -0.436 e. The number of oxazole rings is 1. The van der Waals surface area contributed by atoms with Crippen molar-refractivity contribution in [3.05, 3.63) is 83.4 Å². The first kappa shape index (κ1) is 21.6. The number of aromatic nitrogens is 2. The number of hydrogen-bond acceptors (Lipinski definition) is 6. The maximum Gasteiger partial charge on any atom is 0.292 e. The van der Waals surface area contributed by atoms with Gasteiger partial charge in [0.15, 0.2) is 5.76 Å². The highest BCUT2D eigenvalue weighted by atomic mass is 16.5. The second kappa shape index (κ2) is 8.97. The van der Waals surface area contributed by atoms with E-state index < -0.39 is 0 Å². The second-order valence-corrected chi connectivity index (χ2v) is 8.36. The topological polar surface area (TPSA) is 92.7 Å². The molecule has 5 rings (SSSR count). The number of carbonyl (C=O) groups is 2. The van der Waals surface area contributed by atoms with Gasteiger partial charge < -0.3 is 18.7 Å². The zero-order valence-corrected chi connectivity index (χ0v) is 19.0. The van der Waals surface area contributed by atoms with Gasteiger partial charge in [-0.25, -0.2) is 4.98 Å². The third kappa shape index (κ3) is 4.22. The highest BCUT2D eigenvalue weighted by molar-refractivity contribution is 6.00. The van der Waals surface area contributed by atoms with E-state index in [1.54, 1.807) is 35.1 Å². The highest BCUT2D eigenvalue weighted by Gasteiger charge is 2.29. The quantitative estimate of drug-likeness (QED) is 0.457. The normalized spacial score (nSPS) is 13.8. The first-order chi connectivity index (χ1) is 16.5. The fourth-order valence-corrected chi connectivity index (χ4v) is 4.01. The molecule has 1 saturated heterocycles. The SMILES string of the molecule is Cc1ccc(-c2cnc(-c3ccccc3C(=O)N3CCN(C(=O)c4cc(C)no4)CC3)o2)cc1. The minimum absolute atomic E-state index is 0.117. The summed E-state index contributed by atoms with van der Waals surface area (Å²) in [5, 5.41) is 3.78. The Hall–Kier alpha value is -4.20. The number of hydrogen-bond donors (Lipinski definition) is 0. The zero-order valence-electron chi connectivity index (χ0n) is 19.0. The number of aryl methyl sites for hydroxylation is 2.